The summed E-state index contributed by atoms with van der Waals surface area (Å²) in [5, 5.41) is 11.9. The molecule has 0 aliphatic rings. The maximum absolute atomic E-state index is 13.2. The first-order valence-electron chi connectivity index (χ1n) is 11.5. The summed E-state index contributed by atoms with van der Waals surface area (Å²) < 4.78 is 5.16. The Morgan fingerprint density at radius 3 is 2.29 bits per heavy atom. The van der Waals surface area contributed by atoms with Crippen molar-refractivity contribution in [2.45, 2.75) is 26.7 Å². The van der Waals surface area contributed by atoms with Gasteiger partial charge in [-0.3, -0.25) is 19.2 Å². The van der Waals surface area contributed by atoms with E-state index in [4.69, 9.17) is 9.84 Å². The van der Waals surface area contributed by atoms with Gasteiger partial charge in [-0.15, -0.1) is 0 Å². The van der Waals surface area contributed by atoms with Crippen LogP contribution in [0.5, 0.6) is 5.75 Å². The third kappa shape index (κ3) is 9.48. The van der Waals surface area contributed by atoms with Crippen LogP contribution in [0.4, 0.5) is 5.69 Å². The molecule has 9 heteroatoms. The molecule has 0 aliphatic heterocycles. The van der Waals surface area contributed by atoms with Crippen LogP contribution in [0.2, 0.25) is 0 Å². The molecule has 0 aromatic heterocycles. The van der Waals surface area contributed by atoms with Crippen LogP contribution in [0.25, 0.3) is 0 Å². The molecule has 0 atom stereocenters. The van der Waals surface area contributed by atoms with Crippen molar-refractivity contribution in [3.05, 3.63) is 60.2 Å². The molecule has 0 bridgehead atoms. The van der Waals surface area contributed by atoms with Crippen molar-refractivity contribution in [3.8, 4) is 5.75 Å². The highest BCUT2D eigenvalue weighted by atomic mass is 16.5. The molecule has 0 fully saturated rings. The second-order valence-electron chi connectivity index (χ2n) is 8.51. The maximum Gasteiger partial charge on any atom is 0.305 e. The maximum atomic E-state index is 13.2. The van der Waals surface area contributed by atoms with Gasteiger partial charge in [0.1, 0.15) is 12.3 Å². The predicted molar refractivity (Wildman–Crippen MR) is 132 cm³/mol. The van der Waals surface area contributed by atoms with E-state index >= 15 is 0 Å². The van der Waals surface area contributed by atoms with Crippen molar-refractivity contribution in [3.63, 3.8) is 0 Å². The fraction of sp³-hybridized carbons (Fsp3) is 0.385. The van der Waals surface area contributed by atoms with Crippen molar-refractivity contribution < 1.29 is 29.0 Å². The van der Waals surface area contributed by atoms with E-state index < -0.39 is 17.8 Å². The zero-order valence-electron chi connectivity index (χ0n) is 20.4. The van der Waals surface area contributed by atoms with Crippen LogP contribution in [-0.2, 0) is 14.4 Å². The molecule has 0 saturated carbocycles. The van der Waals surface area contributed by atoms with Gasteiger partial charge in [0.2, 0.25) is 11.8 Å². The van der Waals surface area contributed by atoms with Gasteiger partial charge in [0.05, 0.1) is 20.1 Å². The van der Waals surface area contributed by atoms with Crippen LogP contribution in [-0.4, -0.2) is 71.9 Å². The number of anilines is 1. The van der Waals surface area contributed by atoms with Crippen molar-refractivity contribution in [2.24, 2.45) is 5.92 Å². The summed E-state index contributed by atoms with van der Waals surface area (Å²) in [6.07, 6.45) is 0.354. The van der Waals surface area contributed by atoms with Crippen molar-refractivity contribution >= 4 is 29.4 Å². The van der Waals surface area contributed by atoms with Crippen LogP contribution in [0.3, 0.4) is 0 Å². The molecule has 35 heavy (non-hydrogen) atoms. The van der Waals surface area contributed by atoms with Crippen LogP contribution >= 0.6 is 0 Å². The summed E-state index contributed by atoms with van der Waals surface area (Å²) in [7, 11) is 1.47. The van der Waals surface area contributed by atoms with E-state index in [1.165, 1.54) is 23.0 Å². The summed E-state index contributed by atoms with van der Waals surface area (Å²) >= 11 is 0. The number of nitrogens with zero attached hydrogens (tertiary/aromatic N) is 2. The highest BCUT2D eigenvalue weighted by molar-refractivity contribution is 5.98. The Hall–Kier alpha value is -3.88. The van der Waals surface area contributed by atoms with Gasteiger partial charge < -0.3 is 25.0 Å². The fourth-order valence-corrected chi connectivity index (χ4v) is 3.29. The number of para-hydroxylation sites is 1. The summed E-state index contributed by atoms with van der Waals surface area (Å²) in [4.78, 5) is 52.8. The second kappa shape index (κ2) is 13.7. The first-order chi connectivity index (χ1) is 16.7. The van der Waals surface area contributed by atoms with Crippen LogP contribution in [0.1, 0.15) is 37.0 Å². The number of amides is 3. The topological polar surface area (TPSA) is 116 Å². The first kappa shape index (κ1) is 27.4. The zero-order chi connectivity index (χ0) is 25.8. The molecule has 3 amide bonds. The first-order valence-corrected chi connectivity index (χ1v) is 11.5. The molecule has 9 nitrogen and oxygen atoms in total. The third-order valence-corrected chi connectivity index (χ3v) is 5.25. The molecular formula is C26H33N3O6. The number of carboxylic acid groups (broad SMARTS) is 1. The van der Waals surface area contributed by atoms with Gasteiger partial charge in [-0.1, -0.05) is 38.1 Å². The Bertz CT molecular complexity index is 1010. The van der Waals surface area contributed by atoms with Crippen molar-refractivity contribution in [1.29, 1.82) is 0 Å². The highest BCUT2D eigenvalue weighted by Crippen LogP contribution is 2.15. The fourth-order valence-electron chi connectivity index (χ4n) is 3.29. The Morgan fingerprint density at radius 1 is 0.943 bits per heavy atom. The zero-order valence-corrected chi connectivity index (χ0v) is 20.4. The monoisotopic (exact) mass is 483 g/mol. The average Bonchev–Trinajstić information content (AvgIpc) is 2.84. The summed E-state index contributed by atoms with van der Waals surface area (Å²) in [5.41, 5.74) is 0.892. The van der Waals surface area contributed by atoms with E-state index in [9.17, 15) is 19.2 Å². The number of carboxylic acids is 1. The predicted octanol–water partition coefficient (Wildman–Crippen LogP) is 3.13. The van der Waals surface area contributed by atoms with E-state index in [0.29, 0.717) is 30.3 Å². The van der Waals surface area contributed by atoms with Crippen molar-refractivity contribution in [1.82, 2.24) is 9.80 Å². The molecule has 2 rings (SSSR count). The Morgan fingerprint density at radius 2 is 1.66 bits per heavy atom. The molecule has 0 radical (unpaired) electrons. The number of nitrogens with one attached hydrogen (secondary N) is 1. The van der Waals surface area contributed by atoms with Crippen LogP contribution in [0.15, 0.2) is 54.6 Å². The lowest BCUT2D eigenvalue weighted by Crippen LogP contribution is -2.46. The molecule has 188 valence electrons. The van der Waals surface area contributed by atoms with E-state index in [1.54, 1.807) is 42.5 Å². The number of methoxy groups -OCH3 is 1. The molecule has 2 aromatic carbocycles. The summed E-state index contributed by atoms with van der Waals surface area (Å²) in [6, 6.07) is 15.4. The molecule has 2 N–H and O–H groups in total. The Labute approximate surface area is 205 Å². The lowest BCUT2D eigenvalue weighted by atomic mass is 10.1. The van der Waals surface area contributed by atoms with E-state index in [-0.39, 0.29) is 37.5 Å². The number of hydrogen-bond acceptors (Lipinski definition) is 5. The third-order valence-electron chi connectivity index (χ3n) is 5.25. The van der Waals surface area contributed by atoms with Gasteiger partial charge in [-0.2, -0.15) is 0 Å². The van der Waals surface area contributed by atoms with Gasteiger partial charge in [0, 0.05) is 24.3 Å². The molecular weight excluding hydrogens is 450 g/mol. The molecule has 0 saturated heterocycles. The molecule has 0 spiro atoms. The minimum Gasteiger partial charge on any atom is -0.497 e. The van der Waals surface area contributed by atoms with Gasteiger partial charge in [0.15, 0.2) is 0 Å². The lowest BCUT2D eigenvalue weighted by Gasteiger charge is -2.28. The minimum atomic E-state index is -1.08. The second-order valence-corrected chi connectivity index (χ2v) is 8.51. The molecule has 2 aromatic rings. The summed E-state index contributed by atoms with van der Waals surface area (Å²) in [6.45, 7) is 3.68. The number of aliphatic carboxylic acids is 1. The number of rotatable bonds is 13. The highest BCUT2D eigenvalue weighted by Gasteiger charge is 2.25. The standard InChI is InChI=1S/C26H33N3O6/c1-19(2)12-14-28(17-23(30)27-21-9-5-4-6-10-21)24(31)18-29(15-13-25(32)33)26(34)20-8-7-11-22(16-20)35-3/h4-11,16,19H,12-15,17-18H2,1-3H3,(H,27,30)(H,32,33). The van der Waals surface area contributed by atoms with E-state index in [1.807, 2.05) is 19.9 Å². The Kier molecular flexibility index (Phi) is 10.7. The van der Waals surface area contributed by atoms with Crippen molar-refractivity contribution in [2.75, 3.05) is 38.6 Å². The molecule has 0 aliphatic carbocycles. The van der Waals surface area contributed by atoms with Gasteiger partial charge in [-0.05, 0) is 42.7 Å². The number of ether oxygens (including phenoxy) is 1. The number of hydrogen-bond donors (Lipinski definition) is 2. The number of benzene rings is 2. The molecule has 0 heterocycles. The SMILES string of the molecule is COc1cccc(C(=O)N(CCC(=O)O)CC(=O)N(CCC(C)C)CC(=O)Nc2ccccc2)c1. The van der Waals surface area contributed by atoms with Gasteiger partial charge in [0.25, 0.3) is 5.91 Å². The number of carbonyl (C=O) groups excluding carboxylic acids is 3. The van der Waals surface area contributed by atoms with Gasteiger partial charge >= 0.3 is 5.97 Å². The lowest BCUT2D eigenvalue weighted by molar-refractivity contribution is -0.138. The van der Waals surface area contributed by atoms with Gasteiger partial charge in [-0.25, -0.2) is 0 Å². The molecule has 0 unspecified atom stereocenters. The van der Waals surface area contributed by atoms with Crippen LogP contribution < -0.4 is 10.1 Å². The van der Waals surface area contributed by atoms with E-state index in [0.717, 1.165) is 0 Å². The quantitative estimate of drug-likeness (QED) is 0.452. The summed E-state index contributed by atoms with van der Waals surface area (Å²) in [5.74, 6) is -1.60. The number of carbonyl (C=O) groups is 4. The minimum absolute atomic E-state index is 0.147. The average molecular weight is 484 g/mol. The Balaban J connectivity index is 2.18. The smallest absolute Gasteiger partial charge is 0.305 e. The largest absolute Gasteiger partial charge is 0.497 e. The van der Waals surface area contributed by atoms with E-state index in [2.05, 4.69) is 5.32 Å². The van der Waals surface area contributed by atoms with Crippen LogP contribution in [0, 0.1) is 5.92 Å². The normalized spacial score (nSPS) is 10.5.